The lowest BCUT2D eigenvalue weighted by Crippen LogP contribution is -2.40. The molecule has 1 atom stereocenters. The lowest BCUT2D eigenvalue weighted by molar-refractivity contribution is 0.137. The zero-order chi connectivity index (χ0) is 13.0. The minimum absolute atomic E-state index is 0.208. The Labute approximate surface area is 102 Å². The van der Waals surface area contributed by atoms with Crippen LogP contribution in [0.1, 0.15) is 41.0 Å². The number of hydrogen-bond donors (Lipinski definition) is 0. The van der Waals surface area contributed by atoms with Gasteiger partial charge >= 0.3 is 0 Å². The molecule has 0 bridgehead atoms. The largest absolute Gasteiger partial charge is 0.519 e. The van der Waals surface area contributed by atoms with Crippen LogP contribution in [0.2, 0.25) is 18.1 Å². The fourth-order valence-electron chi connectivity index (χ4n) is 0.898. The minimum atomic E-state index is -1.76. The highest BCUT2D eigenvalue weighted by molar-refractivity contribution is 6.74. The summed E-state index contributed by atoms with van der Waals surface area (Å²) in [6.45, 7) is 15.5. The lowest BCUT2D eigenvalue weighted by atomic mass is 10.1. The second kappa shape index (κ2) is 5.76. The van der Waals surface area contributed by atoms with Gasteiger partial charge in [-0.15, -0.1) is 0 Å². The van der Waals surface area contributed by atoms with Gasteiger partial charge in [0, 0.05) is 0 Å². The van der Waals surface area contributed by atoms with Crippen LogP contribution in [0.3, 0.4) is 0 Å². The van der Waals surface area contributed by atoms with E-state index in [9.17, 15) is 0 Å². The third-order valence-corrected chi connectivity index (χ3v) is 7.75. The van der Waals surface area contributed by atoms with E-state index in [-0.39, 0.29) is 5.04 Å². The quantitative estimate of drug-likeness (QED) is 0.522. The zero-order valence-corrected chi connectivity index (χ0v) is 13.2. The van der Waals surface area contributed by atoms with E-state index in [1.54, 1.807) is 7.11 Å². The maximum absolute atomic E-state index is 6.10. The molecule has 3 heteroatoms. The first-order chi connectivity index (χ1) is 7.14. The Bertz CT molecular complexity index is 239. The maximum atomic E-state index is 6.10. The lowest BCUT2D eigenvalue weighted by Gasteiger charge is -2.36. The molecule has 0 aliphatic rings. The molecule has 0 heterocycles. The molecule has 0 saturated carbocycles. The molecular formula is C13H28O2Si. The highest BCUT2D eigenvalue weighted by Crippen LogP contribution is 2.38. The molecule has 0 aromatic heterocycles. The molecule has 0 saturated heterocycles. The molecule has 0 aromatic carbocycles. The Morgan fingerprint density at radius 3 is 2.12 bits per heavy atom. The van der Waals surface area contributed by atoms with Crippen LogP contribution < -0.4 is 0 Å². The first kappa shape index (κ1) is 15.6. The summed E-state index contributed by atoms with van der Waals surface area (Å²) in [5, 5.41) is 0.208. The van der Waals surface area contributed by atoms with Crippen LogP contribution >= 0.6 is 0 Å². The Morgan fingerprint density at radius 2 is 1.81 bits per heavy atom. The third-order valence-electron chi connectivity index (χ3n) is 3.43. The standard InChI is InChI=1S/C13H28O2Si/c1-9-11(2)10-12(14-6)15-16(7,8)13(3,4)5/h10-11H,9H2,1-8H3/b12-10+. The molecule has 0 radical (unpaired) electrons. The van der Waals surface area contributed by atoms with Gasteiger partial charge in [-0.2, -0.15) is 0 Å². The molecule has 96 valence electrons. The van der Waals surface area contributed by atoms with Crippen molar-refractivity contribution in [1.82, 2.24) is 0 Å². The van der Waals surface area contributed by atoms with Crippen LogP contribution in [0.25, 0.3) is 0 Å². The maximum Gasteiger partial charge on any atom is 0.261 e. The van der Waals surface area contributed by atoms with E-state index in [1.165, 1.54) is 0 Å². The Kier molecular flexibility index (Phi) is 5.60. The van der Waals surface area contributed by atoms with Crippen molar-refractivity contribution in [3.8, 4) is 0 Å². The van der Waals surface area contributed by atoms with E-state index in [0.29, 0.717) is 11.9 Å². The molecule has 0 amide bonds. The predicted octanol–water partition coefficient (Wildman–Crippen LogP) is 4.54. The van der Waals surface area contributed by atoms with Gasteiger partial charge in [0.1, 0.15) is 0 Å². The van der Waals surface area contributed by atoms with Crippen molar-refractivity contribution in [1.29, 1.82) is 0 Å². The molecule has 1 unspecified atom stereocenters. The van der Waals surface area contributed by atoms with Gasteiger partial charge < -0.3 is 9.16 Å². The number of methoxy groups -OCH3 is 1. The summed E-state index contributed by atoms with van der Waals surface area (Å²) in [6, 6.07) is 0. The van der Waals surface area contributed by atoms with Crippen LogP contribution in [0.5, 0.6) is 0 Å². The molecule has 0 N–H and O–H groups in total. The second-order valence-electron chi connectivity index (χ2n) is 5.94. The molecule has 0 aromatic rings. The fraction of sp³-hybridized carbons (Fsp3) is 0.846. The summed E-state index contributed by atoms with van der Waals surface area (Å²) in [5.41, 5.74) is 0. The normalized spacial score (nSPS) is 15.9. The number of rotatable bonds is 5. The third kappa shape index (κ3) is 4.60. The van der Waals surface area contributed by atoms with Crippen molar-refractivity contribution in [3.05, 3.63) is 12.0 Å². The predicted molar refractivity (Wildman–Crippen MR) is 72.8 cm³/mol. The van der Waals surface area contributed by atoms with Crippen molar-refractivity contribution in [2.45, 2.75) is 59.2 Å². The van der Waals surface area contributed by atoms with Gasteiger partial charge in [0.15, 0.2) is 0 Å². The highest BCUT2D eigenvalue weighted by atomic mass is 28.4. The first-order valence-electron chi connectivity index (χ1n) is 6.09. The van der Waals surface area contributed by atoms with Gasteiger partial charge in [-0.05, 0) is 36.5 Å². The summed E-state index contributed by atoms with van der Waals surface area (Å²) in [5.74, 6) is 1.20. The van der Waals surface area contributed by atoms with Crippen molar-refractivity contribution < 1.29 is 9.16 Å². The highest BCUT2D eigenvalue weighted by Gasteiger charge is 2.39. The van der Waals surface area contributed by atoms with Crippen molar-refractivity contribution in [3.63, 3.8) is 0 Å². The average molecular weight is 244 g/mol. The SMILES string of the molecule is CCC(C)/C=C(\OC)O[Si](C)(C)C(C)(C)C. The minimum Gasteiger partial charge on any atom is -0.519 e. The smallest absolute Gasteiger partial charge is 0.261 e. The molecule has 0 aliphatic carbocycles. The molecular weight excluding hydrogens is 216 g/mol. The molecule has 2 nitrogen and oxygen atoms in total. The van der Waals surface area contributed by atoms with Crippen LogP contribution in [0.4, 0.5) is 0 Å². The van der Waals surface area contributed by atoms with Crippen LogP contribution in [0.15, 0.2) is 12.0 Å². The summed E-state index contributed by atoms with van der Waals surface area (Å²) in [7, 11) is -0.0799. The van der Waals surface area contributed by atoms with Crippen molar-refractivity contribution in [2.24, 2.45) is 5.92 Å². The molecule has 0 spiro atoms. The van der Waals surface area contributed by atoms with Crippen LogP contribution in [-0.4, -0.2) is 15.4 Å². The van der Waals surface area contributed by atoms with Crippen LogP contribution in [0, 0.1) is 5.92 Å². The van der Waals surface area contributed by atoms with E-state index in [4.69, 9.17) is 9.16 Å². The van der Waals surface area contributed by atoms with E-state index in [0.717, 1.165) is 6.42 Å². The van der Waals surface area contributed by atoms with Gasteiger partial charge in [0.2, 0.25) is 0 Å². The first-order valence-corrected chi connectivity index (χ1v) is 8.99. The Morgan fingerprint density at radius 1 is 1.31 bits per heavy atom. The summed E-state index contributed by atoms with van der Waals surface area (Å²) in [6.07, 6.45) is 3.19. The van der Waals surface area contributed by atoms with E-state index in [2.05, 4.69) is 53.8 Å². The van der Waals surface area contributed by atoms with Gasteiger partial charge in [0.05, 0.1) is 7.11 Å². The number of hydrogen-bond acceptors (Lipinski definition) is 2. The molecule has 0 fully saturated rings. The van der Waals surface area contributed by atoms with Crippen molar-refractivity contribution in [2.75, 3.05) is 7.11 Å². The van der Waals surface area contributed by atoms with Gasteiger partial charge in [-0.25, -0.2) is 0 Å². The fourth-order valence-corrected chi connectivity index (χ4v) is 1.86. The number of allylic oxidation sites excluding steroid dienone is 1. The Hall–Kier alpha value is -0.443. The molecule has 16 heavy (non-hydrogen) atoms. The zero-order valence-electron chi connectivity index (χ0n) is 12.2. The van der Waals surface area contributed by atoms with Crippen LogP contribution in [-0.2, 0) is 9.16 Å². The van der Waals surface area contributed by atoms with Gasteiger partial charge in [-0.1, -0.05) is 34.6 Å². The summed E-state index contributed by atoms with van der Waals surface area (Å²) in [4.78, 5) is 0. The second-order valence-corrected chi connectivity index (χ2v) is 10.7. The van der Waals surface area contributed by atoms with E-state index in [1.807, 2.05) is 0 Å². The summed E-state index contributed by atoms with van der Waals surface area (Å²) >= 11 is 0. The molecule has 0 aliphatic heterocycles. The topological polar surface area (TPSA) is 18.5 Å². The Balaban J connectivity index is 4.73. The average Bonchev–Trinajstić information content (AvgIpc) is 2.14. The van der Waals surface area contributed by atoms with Crippen molar-refractivity contribution >= 4 is 8.32 Å². The molecule has 0 rings (SSSR count). The monoisotopic (exact) mass is 244 g/mol. The number of ether oxygens (including phenoxy) is 1. The summed E-state index contributed by atoms with van der Waals surface area (Å²) < 4.78 is 11.4. The van der Waals surface area contributed by atoms with E-state index >= 15 is 0 Å². The van der Waals surface area contributed by atoms with E-state index < -0.39 is 8.32 Å². The van der Waals surface area contributed by atoms with Gasteiger partial charge in [-0.3, -0.25) is 0 Å². The van der Waals surface area contributed by atoms with Gasteiger partial charge in [0.25, 0.3) is 14.3 Å².